The Bertz CT molecular complexity index is 319. The fourth-order valence-corrected chi connectivity index (χ4v) is 2.08. The van der Waals surface area contributed by atoms with Gasteiger partial charge in [0.05, 0.1) is 13.2 Å². The number of rotatable bonds is 3. The molecule has 118 valence electrons. The largest absolute Gasteiger partial charge is 0.387 e. The van der Waals surface area contributed by atoms with E-state index in [0.29, 0.717) is 0 Å². The summed E-state index contributed by atoms with van der Waals surface area (Å²) in [4.78, 5) is 4.43. The van der Waals surface area contributed by atoms with E-state index in [0.717, 1.165) is 0 Å². The van der Waals surface area contributed by atoms with Crippen LogP contribution in [0.25, 0.3) is 0 Å². The molecule has 2 fully saturated rings. The molecule has 10 nitrogen and oxygen atoms in total. The van der Waals surface area contributed by atoms with Gasteiger partial charge in [0.2, 0.25) is 0 Å². The van der Waals surface area contributed by atoms with Crippen molar-refractivity contribution in [2.75, 3.05) is 13.2 Å². The molecule has 2 saturated heterocycles. The molecule has 0 bridgehead atoms. The van der Waals surface area contributed by atoms with Crippen LogP contribution in [0.5, 0.6) is 0 Å². The van der Waals surface area contributed by atoms with Gasteiger partial charge in [-0.1, -0.05) is 0 Å². The van der Waals surface area contributed by atoms with Gasteiger partial charge in [0.25, 0.3) is 0 Å². The first-order valence-electron chi connectivity index (χ1n) is 6.10. The summed E-state index contributed by atoms with van der Waals surface area (Å²) in [6.07, 6.45) is -10.4. The fraction of sp³-hybridized carbons (Fsp3) is 1.00. The maximum atomic E-state index is 9.80. The van der Waals surface area contributed by atoms with Crippen LogP contribution < -0.4 is 5.90 Å². The van der Waals surface area contributed by atoms with Gasteiger partial charge in [0.1, 0.15) is 36.6 Å². The van der Waals surface area contributed by atoms with Gasteiger partial charge in [-0.15, -0.1) is 0 Å². The van der Waals surface area contributed by atoms with Gasteiger partial charge in [-0.2, -0.15) is 0 Å². The molecule has 0 amide bonds. The maximum absolute atomic E-state index is 9.80. The molecule has 0 spiro atoms. The minimum absolute atomic E-state index is 0.117. The summed E-state index contributed by atoms with van der Waals surface area (Å²) in [5, 5.41) is 47.9. The quantitative estimate of drug-likeness (QED) is 0.281. The highest BCUT2D eigenvalue weighted by molar-refractivity contribution is 4.87. The summed E-state index contributed by atoms with van der Waals surface area (Å²) in [5.74, 6) is 4.93. The second-order valence-corrected chi connectivity index (χ2v) is 4.74. The third kappa shape index (κ3) is 3.09. The highest BCUT2D eigenvalue weighted by Crippen LogP contribution is 2.23. The van der Waals surface area contributed by atoms with Crippen LogP contribution in [0.1, 0.15) is 0 Å². The van der Waals surface area contributed by atoms with Crippen LogP contribution >= 0.6 is 0 Å². The topological polar surface area (TPSA) is 164 Å². The van der Waals surface area contributed by atoms with E-state index in [1.165, 1.54) is 0 Å². The maximum Gasteiger partial charge on any atom is 0.186 e. The van der Waals surface area contributed by atoms with Crippen molar-refractivity contribution in [3.63, 3.8) is 0 Å². The van der Waals surface area contributed by atoms with Crippen LogP contribution in [0.15, 0.2) is 0 Å². The second kappa shape index (κ2) is 6.58. The summed E-state index contributed by atoms with van der Waals surface area (Å²) in [5.41, 5.74) is 0. The Morgan fingerprint density at radius 1 is 0.800 bits per heavy atom. The lowest BCUT2D eigenvalue weighted by atomic mass is 10.0. The van der Waals surface area contributed by atoms with Crippen molar-refractivity contribution < 1.29 is 44.6 Å². The van der Waals surface area contributed by atoms with E-state index in [9.17, 15) is 25.5 Å². The van der Waals surface area contributed by atoms with E-state index in [1.54, 1.807) is 0 Å². The monoisotopic (exact) mass is 297 g/mol. The zero-order valence-electron chi connectivity index (χ0n) is 10.5. The molecule has 0 unspecified atom stereocenters. The molecule has 2 heterocycles. The van der Waals surface area contributed by atoms with Crippen LogP contribution in [-0.2, 0) is 19.0 Å². The predicted molar refractivity (Wildman–Crippen MR) is 59.7 cm³/mol. The smallest absolute Gasteiger partial charge is 0.186 e. The SMILES string of the molecule is NO[C@@H]1CO[C@@H](O[C@@H]2CO[C@@H](O)[C@H](O)[C@H]2O)[C@H](O)[C@H]1O. The zero-order chi connectivity index (χ0) is 14.9. The molecule has 7 N–H and O–H groups in total. The number of nitrogens with two attached hydrogens (primary N) is 1. The molecule has 20 heavy (non-hydrogen) atoms. The fourth-order valence-electron chi connectivity index (χ4n) is 2.08. The Morgan fingerprint density at radius 2 is 1.40 bits per heavy atom. The Morgan fingerprint density at radius 3 is 2.05 bits per heavy atom. The van der Waals surface area contributed by atoms with Gasteiger partial charge < -0.3 is 39.7 Å². The van der Waals surface area contributed by atoms with Gasteiger partial charge >= 0.3 is 0 Å². The predicted octanol–water partition coefficient (Wildman–Crippen LogP) is -4.22. The number of hydrogen-bond donors (Lipinski definition) is 6. The number of aliphatic hydroxyl groups excluding tert-OH is 5. The van der Waals surface area contributed by atoms with Crippen LogP contribution in [0, 0.1) is 0 Å². The highest BCUT2D eigenvalue weighted by atomic mass is 16.7. The van der Waals surface area contributed by atoms with Crippen molar-refractivity contribution in [1.82, 2.24) is 0 Å². The molecule has 2 aliphatic rings. The van der Waals surface area contributed by atoms with Crippen molar-refractivity contribution in [3.8, 4) is 0 Å². The summed E-state index contributed by atoms with van der Waals surface area (Å²) in [7, 11) is 0. The molecule has 2 rings (SSSR count). The van der Waals surface area contributed by atoms with E-state index in [4.69, 9.17) is 20.1 Å². The molecule has 0 aromatic carbocycles. The lowest BCUT2D eigenvalue weighted by molar-refractivity contribution is -0.326. The van der Waals surface area contributed by atoms with Crippen LogP contribution in [0.2, 0.25) is 0 Å². The molecule has 8 atom stereocenters. The highest BCUT2D eigenvalue weighted by Gasteiger charge is 2.44. The average molecular weight is 297 g/mol. The van der Waals surface area contributed by atoms with Gasteiger partial charge in [-0.3, -0.25) is 4.84 Å². The average Bonchev–Trinajstić information content (AvgIpc) is 2.44. The van der Waals surface area contributed by atoms with Crippen molar-refractivity contribution in [2.45, 2.75) is 49.2 Å². The van der Waals surface area contributed by atoms with Crippen LogP contribution in [0.4, 0.5) is 0 Å². The molecule has 10 heteroatoms. The standard InChI is InChI=1S/C10H19NO9/c11-20-4-2-18-10(8(15)6(4)13)19-3-1-17-9(16)7(14)5(3)12/h3-10,12-16H,1-2,11H2/t3-,4-,5+,6+,7-,8-,9-,10+/m1/s1. The van der Waals surface area contributed by atoms with Gasteiger partial charge in [0, 0.05) is 0 Å². The van der Waals surface area contributed by atoms with Gasteiger partial charge in [0.15, 0.2) is 12.6 Å². The summed E-state index contributed by atoms with van der Waals surface area (Å²) >= 11 is 0. The normalized spacial score (nSPS) is 50.1. The van der Waals surface area contributed by atoms with E-state index >= 15 is 0 Å². The molecule has 0 aliphatic carbocycles. The van der Waals surface area contributed by atoms with Crippen molar-refractivity contribution in [3.05, 3.63) is 0 Å². The molecule has 2 aliphatic heterocycles. The molecule has 0 aromatic rings. The minimum atomic E-state index is -1.54. The lowest BCUT2D eigenvalue weighted by Crippen LogP contribution is -2.59. The first-order valence-corrected chi connectivity index (χ1v) is 6.10. The molecule has 0 radical (unpaired) electrons. The minimum Gasteiger partial charge on any atom is -0.387 e. The number of ether oxygens (including phenoxy) is 3. The third-order valence-electron chi connectivity index (χ3n) is 3.37. The van der Waals surface area contributed by atoms with E-state index in [2.05, 4.69) is 4.84 Å². The Hall–Kier alpha value is -0.400. The Labute approximate surface area is 114 Å². The summed E-state index contributed by atoms with van der Waals surface area (Å²) in [6, 6.07) is 0. The first kappa shape index (κ1) is 16.0. The molecular formula is C10H19NO9. The van der Waals surface area contributed by atoms with E-state index < -0.39 is 49.2 Å². The third-order valence-corrected chi connectivity index (χ3v) is 3.37. The van der Waals surface area contributed by atoms with E-state index in [1.807, 2.05) is 0 Å². The number of aliphatic hydroxyl groups is 5. The summed E-state index contributed by atoms with van der Waals surface area (Å²) in [6.45, 7) is -0.326. The van der Waals surface area contributed by atoms with Crippen molar-refractivity contribution in [1.29, 1.82) is 0 Å². The Balaban J connectivity index is 1.93. The van der Waals surface area contributed by atoms with E-state index in [-0.39, 0.29) is 13.2 Å². The van der Waals surface area contributed by atoms with Crippen molar-refractivity contribution >= 4 is 0 Å². The number of hydrogen-bond acceptors (Lipinski definition) is 10. The zero-order valence-corrected chi connectivity index (χ0v) is 10.5. The van der Waals surface area contributed by atoms with Crippen molar-refractivity contribution in [2.24, 2.45) is 5.90 Å². The van der Waals surface area contributed by atoms with Gasteiger partial charge in [-0.25, -0.2) is 5.90 Å². The molecular weight excluding hydrogens is 278 g/mol. The summed E-state index contributed by atoms with van der Waals surface area (Å²) < 4.78 is 15.2. The first-order chi connectivity index (χ1) is 9.45. The molecule has 0 aromatic heterocycles. The molecule has 0 saturated carbocycles. The second-order valence-electron chi connectivity index (χ2n) is 4.74. The van der Waals surface area contributed by atoms with Crippen LogP contribution in [-0.4, -0.2) is 88.0 Å². The van der Waals surface area contributed by atoms with Gasteiger partial charge in [-0.05, 0) is 0 Å². The lowest BCUT2D eigenvalue weighted by Gasteiger charge is -2.40. The Kier molecular flexibility index (Phi) is 5.25. The van der Waals surface area contributed by atoms with Crippen LogP contribution in [0.3, 0.4) is 0 Å².